The van der Waals surface area contributed by atoms with Crippen molar-refractivity contribution in [2.24, 2.45) is 0 Å². The van der Waals surface area contributed by atoms with Gasteiger partial charge in [-0.2, -0.15) is 0 Å². The van der Waals surface area contributed by atoms with Gasteiger partial charge in [0.2, 0.25) is 0 Å². The molecule has 1 fully saturated rings. The van der Waals surface area contributed by atoms with Crippen LogP contribution in [0.2, 0.25) is 0 Å². The fourth-order valence-corrected chi connectivity index (χ4v) is 4.18. The van der Waals surface area contributed by atoms with Crippen LogP contribution in [-0.2, 0) is 4.79 Å². The summed E-state index contributed by atoms with van der Waals surface area (Å²) in [7, 11) is 0. The van der Waals surface area contributed by atoms with E-state index in [1.165, 1.54) is 17.0 Å². The molecule has 1 heterocycles. The predicted octanol–water partition coefficient (Wildman–Crippen LogP) is 5.13. The molecular weight excluding hydrogens is 427 g/mol. The zero-order chi connectivity index (χ0) is 23.6. The van der Waals surface area contributed by atoms with Gasteiger partial charge in [0.15, 0.2) is 10.8 Å². The Morgan fingerprint density at radius 3 is 2.50 bits per heavy atom. The number of aryl methyl sites for hydroxylation is 1. The van der Waals surface area contributed by atoms with Crippen LogP contribution in [0.1, 0.15) is 49.5 Å². The number of nitrogens with zero attached hydrogens (tertiary/aromatic N) is 3. The minimum Gasteiger partial charge on any atom is -0.352 e. The molecule has 2 aromatic carbocycles. The average molecular weight is 453 g/mol. The molecule has 1 aliphatic heterocycles. The van der Waals surface area contributed by atoms with Crippen LogP contribution in [0.5, 0.6) is 0 Å². The number of unbranched alkanes of at least 4 members (excludes halogenated alkanes) is 1. The van der Waals surface area contributed by atoms with Gasteiger partial charge < -0.3 is 10.2 Å². The second-order valence-corrected chi connectivity index (χ2v) is 8.54. The Morgan fingerprint density at radius 2 is 1.91 bits per heavy atom. The highest BCUT2D eigenvalue weighted by atomic mass is 32.1. The lowest BCUT2D eigenvalue weighted by Crippen LogP contribution is -2.44. The van der Waals surface area contributed by atoms with Gasteiger partial charge in [-0.1, -0.05) is 19.4 Å². The number of rotatable bonds is 6. The van der Waals surface area contributed by atoms with E-state index in [4.69, 9.17) is 18.8 Å². The molecule has 0 atom stereocenters. The molecule has 0 radical (unpaired) electrons. The lowest BCUT2D eigenvalue weighted by molar-refractivity contribution is -0.120. The molecular formula is C24H25FN4O2S. The molecule has 0 aromatic heterocycles. The minimum atomic E-state index is -1.07. The maximum absolute atomic E-state index is 14.8. The number of benzene rings is 2. The molecule has 0 unspecified atom stereocenters. The summed E-state index contributed by atoms with van der Waals surface area (Å²) in [5.41, 5.74) is 1.04. The summed E-state index contributed by atoms with van der Waals surface area (Å²) in [4.78, 5) is 32.0. The van der Waals surface area contributed by atoms with Crippen LogP contribution >= 0.6 is 12.2 Å². The van der Waals surface area contributed by atoms with Gasteiger partial charge in [-0.15, -0.1) is 0 Å². The van der Waals surface area contributed by atoms with Crippen molar-refractivity contribution in [3.63, 3.8) is 0 Å². The third-order valence-corrected chi connectivity index (χ3v) is 5.86. The molecule has 2 amide bonds. The van der Waals surface area contributed by atoms with Gasteiger partial charge in [0.05, 0.1) is 12.1 Å². The fourth-order valence-electron chi connectivity index (χ4n) is 3.66. The highest BCUT2D eigenvalue weighted by Gasteiger charge is 2.50. The average Bonchev–Trinajstić information content (AvgIpc) is 2.91. The Balaban J connectivity index is 1.94. The Labute approximate surface area is 192 Å². The van der Waals surface area contributed by atoms with E-state index in [1.807, 2.05) is 6.92 Å². The summed E-state index contributed by atoms with van der Waals surface area (Å²) < 4.78 is 14.8. The van der Waals surface area contributed by atoms with Gasteiger partial charge in [-0.3, -0.25) is 14.5 Å². The lowest BCUT2D eigenvalue weighted by Gasteiger charge is -2.29. The van der Waals surface area contributed by atoms with Crippen molar-refractivity contribution >= 4 is 46.2 Å². The summed E-state index contributed by atoms with van der Waals surface area (Å²) in [5, 5.41) is 2.91. The van der Waals surface area contributed by atoms with Crippen molar-refractivity contribution in [3.8, 4) is 0 Å². The second-order valence-electron chi connectivity index (χ2n) is 8.17. The van der Waals surface area contributed by atoms with Crippen LogP contribution in [0.15, 0.2) is 36.4 Å². The van der Waals surface area contributed by atoms with E-state index in [-0.39, 0.29) is 16.6 Å². The van der Waals surface area contributed by atoms with Gasteiger partial charge in [-0.05, 0) is 75.3 Å². The summed E-state index contributed by atoms with van der Waals surface area (Å²) in [6.07, 6.45) is 1.74. The quantitative estimate of drug-likeness (QED) is 0.375. The fraction of sp³-hybridized carbons (Fsp3) is 0.333. The van der Waals surface area contributed by atoms with Gasteiger partial charge in [-0.25, -0.2) is 9.24 Å². The first-order valence-corrected chi connectivity index (χ1v) is 10.8. The smallest absolute Gasteiger partial charge is 0.259 e. The Kier molecular flexibility index (Phi) is 6.60. The number of halogens is 1. The van der Waals surface area contributed by atoms with Crippen LogP contribution in [-0.4, -0.2) is 29.0 Å². The number of anilines is 2. The zero-order valence-corrected chi connectivity index (χ0v) is 19.3. The largest absolute Gasteiger partial charge is 0.352 e. The SMILES string of the molecule is [C-]#[N+]c1ccc(N2C(=O)C(C)(C)N(c3ccc(C(=O)NCCCC)c(F)c3)C2=S)cc1C. The summed E-state index contributed by atoms with van der Waals surface area (Å²) in [6.45, 7) is 14.9. The van der Waals surface area contributed by atoms with Crippen LogP contribution in [0.3, 0.4) is 0 Å². The van der Waals surface area contributed by atoms with Crippen molar-refractivity contribution in [2.75, 3.05) is 16.3 Å². The molecule has 6 nitrogen and oxygen atoms in total. The maximum Gasteiger partial charge on any atom is 0.259 e. The van der Waals surface area contributed by atoms with Gasteiger partial charge in [0.25, 0.3) is 11.8 Å². The van der Waals surface area contributed by atoms with E-state index >= 15 is 0 Å². The number of thiocarbonyl (C=S) groups is 1. The third-order valence-electron chi connectivity index (χ3n) is 5.50. The summed E-state index contributed by atoms with van der Waals surface area (Å²) in [6, 6.07) is 9.29. The van der Waals surface area contributed by atoms with Gasteiger partial charge in [0.1, 0.15) is 11.4 Å². The predicted molar refractivity (Wildman–Crippen MR) is 128 cm³/mol. The van der Waals surface area contributed by atoms with Gasteiger partial charge >= 0.3 is 0 Å². The molecule has 1 aliphatic rings. The molecule has 0 aliphatic carbocycles. The maximum atomic E-state index is 14.8. The van der Waals surface area contributed by atoms with Crippen LogP contribution in [0.4, 0.5) is 21.5 Å². The van der Waals surface area contributed by atoms with E-state index in [0.29, 0.717) is 23.6 Å². The van der Waals surface area contributed by atoms with Crippen molar-refractivity contribution in [3.05, 3.63) is 64.8 Å². The number of amides is 2. The molecule has 0 saturated carbocycles. The number of hydrogen-bond donors (Lipinski definition) is 1. The molecule has 32 heavy (non-hydrogen) atoms. The summed E-state index contributed by atoms with van der Waals surface area (Å²) in [5.74, 6) is -1.42. The van der Waals surface area contributed by atoms with E-state index in [9.17, 15) is 14.0 Å². The third kappa shape index (κ3) is 4.08. The zero-order valence-electron chi connectivity index (χ0n) is 18.5. The lowest BCUT2D eigenvalue weighted by atomic mass is 10.0. The second kappa shape index (κ2) is 9.05. The molecule has 166 valence electrons. The Hall–Kier alpha value is -3.31. The molecule has 2 aromatic rings. The van der Waals surface area contributed by atoms with Crippen molar-refractivity contribution in [2.45, 2.75) is 46.1 Å². The molecule has 1 N–H and O–H groups in total. The van der Waals surface area contributed by atoms with Crippen LogP contribution in [0.25, 0.3) is 4.85 Å². The first-order chi connectivity index (χ1) is 15.1. The monoisotopic (exact) mass is 452 g/mol. The molecule has 1 saturated heterocycles. The Morgan fingerprint density at radius 1 is 1.22 bits per heavy atom. The van der Waals surface area contributed by atoms with E-state index < -0.39 is 17.3 Å². The first-order valence-electron chi connectivity index (χ1n) is 10.4. The topological polar surface area (TPSA) is 57.0 Å². The van der Waals surface area contributed by atoms with Crippen molar-refractivity contribution < 1.29 is 14.0 Å². The molecule has 0 bridgehead atoms. The van der Waals surface area contributed by atoms with Crippen molar-refractivity contribution in [1.29, 1.82) is 0 Å². The van der Waals surface area contributed by atoms with Crippen molar-refractivity contribution in [1.82, 2.24) is 5.32 Å². The highest BCUT2D eigenvalue weighted by molar-refractivity contribution is 7.81. The standard InChI is InChI=1S/C24H25FN4O2S/c1-6-7-12-27-21(30)18-10-8-17(14-19(18)25)29-23(32)28(22(31)24(29,3)4)16-9-11-20(26-5)15(2)13-16/h8-11,13-14H,6-7,12H2,1-4H3,(H,27,30). The van der Waals surface area contributed by atoms with Crippen LogP contribution < -0.4 is 15.1 Å². The highest BCUT2D eigenvalue weighted by Crippen LogP contribution is 2.38. The number of hydrogen-bond acceptors (Lipinski definition) is 3. The van der Waals surface area contributed by atoms with Gasteiger partial charge in [0, 0.05) is 17.9 Å². The number of nitrogens with one attached hydrogen (secondary N) is 1. The molecule has 3 rings (SSSR count). The normalized spacial score (nSPS) is 15.1. The van der Waals surface area contributed by atoms with E-state index in [0.717, 1.165) is 18.4 Å². The molecule has 0 spiro atoms. The first kappa shape index (κ1) is 23.4. The minimum absolute atomic E-state index is 0.0543. The van der Waals surface area contributed by atoms with E-state index in [2.05, 4.69) is 10.2 Å². The van der Waals surface area contributed by atoms with Crippen LogP contribution in [0, 0.1) is 19.3 Å². The summed E-state index contributed by atoms with van der Waals surface area (Å²) >= 11 is 5.62. The number of carbonyl (C=O) groups is 2. The Bertz CT molecular complexity index is 1140. The molecule has 8 heteroatoms. The van der Waals surface area contributed by atoms with E-state index in [1.54, 1.807) is 49.9 Å². The number of carbonyl (C=O) groups excluding carboxylic acids is 2.